The molecule has 5 nitrogen and oxygen atoms in total. The molecule has 0 amide bonds. The number of hydrazone groups is 1. The molecule has 0 aliphatic heterocycles. The van der Waals surface area contributed by atoms with Gasteiger partial charge >= 0.3 is 6.18 Å². The summed E-state index contributed by atoms with van der Waals surface area (Å²) < 4.78 is 37.2. The van der Waals surface area contributed by atoms with E-state index >= 15 is 0 Å². The third-order valence-electron chi connectivity index (χ3n) is 2.72. The number of benzene rings is 2. The molecule has 0 bridgehead atoms. The van der Waals surface area contributed by atoms with Crippen LogP contribution in [0.2, 0.25) is 0 Å². The normalized spacial score (nSPS) is 11.6. The van der Waals surface area contributed by atoms with Gasteiger partial charge in [-0.3, -0.25) is 15.5 Å². The number of nitrogens with one attached hydrogen (secondary N) is 1. The van der Waals surface area contributed by atoms with E-state index in [1.807, 2.05) is 0 Å². The molecule has 22 heavy (non-hydrogen) atoms. The molecule has 0 aliphatic rings. The lowest BCUT2D eigenvalue weighted by atomic mass is 10.2. The molecule has 0 unspecified atom stereocenters. The number of halogens is 3. The number of nitro groups is 1. The lowest BCUT2D eigenvalue weighted by Gasteiger charge is -2.07. The van der Waals surface area contributed by atoms with Gasteiger partial charge < -0.3 is 0 Å². The molecule has 0 saturated carbocycles. The van der Waals surface area contributed by atoms with Crippen molar-refractivity contribution in [2.24, 2.45) is 5.10 Å². The standard InChI is InChI=1S/C14H10F3N3O2/c15-14(16,17)11-3-5-12(6-4-11)19-18-9-10-1-7-13(8-2-10)20(21)22/h1-9,19H. The second-order valence-electron chi connectivity index (χ2n) is 4.29. The maximum absolute atomic E-state index is 12.4. The van der Waals surface area contributed by atoms with Crippen LogP contribution >= 0.6 is 0 Å². The summed E-state index contributed by atoms with van der Waals surface area (Å²) in [5.41, 5.74) is 2.81. The Hall–Kier alpha value is -2.90. The molecule has 0 aliphatic carbocycles. The highest BCUT2D eigenvalue weighted by Crippen LogP contribution is 2.29. The van der Waals surface area contributed by atoms with E-state index < -0.39 is 16.7 Å². The molecule has 1 N–H and O–H groups in total. The van der Waals surface area contributed by atoms with Crippen molar-refractivity contribution in [1.82, 2.24) is 0 Å². The van der Waals surface area contributed by atoms with Gasteiger partial charge in [-0.1, -0.05) is 0 Å². The Balaban J connectivity index is 1.98. The highest BCUT2D eigenvalue weighted by atomic mass is 19.4. The molecule has 2 aromatic rings. The molecule has 2 aromatic carbocycles. The van der Waals surface area contributed by atoms with Crippen LogP contribution in [0.15, 0.2) is 53.6 Å². The molecule has 2 rings (SSSR count). The fourth-order valence-electron chi connectivity index (χ4n) is 1.60. The van der Waals surface area contributed by atoms with E-state index in [9.17, 15) is 23.3 Å². The fourth-order valence-corrected chi connectivity index (χ4v) is 1.60. The van der Waals surface area contributed by atoms with Crippen LogP contribution in [0.5, 0.6) is 0 Å². The molecule has 114 valence electrons. The first-order valence-electron chi connectivity index (χ1n) is 6.07. The Morgan fingerprint density at radius 2 is 1.64 bits per heavy atom. The van der Waals surface area contributed by atoms with Crippen LogP contribution in [0.4, 0.5) is 24.5 Å². The Bertz CT molecular complexity index is 680. The predicted octanol–water partition coefficient (Wildman–Crippen LogP) is 4.06. The zero-order chi connectivity index (χ0) is 16.2. The summed E-state index contributed by atoms with van der Waals surface area (Å²) in [5, 5.41) is 14.3. The number of non-ortho nitro benzene ring substituents is 1. The Morgan fingerprint density at radius 3 is 2.14 bits per heavy atom. The van der Waals surface area contributed by atoms with Crippen molar-refractivity contribution in [2.75, 3.05) is 5.43 Å². The number of hydrogen-bond donors (Lipinski definition) is 1. The van der Waals surface area contributed by atoms with E-state index in [-0.39, 0.29) is 5.69 Å². The molecule has 0 atom stereocenters. The van der Waals surface area contributed by atoms with Gasteiger partial charge in [-0.25, -0.2) is 0 Å². The van der Waals surface area contributed by atoms with Crippen LogP contribution in [0.1, 0.15) is 11.1 Å². The number of alkyl halides is 3. The van der Waals surface area contributed by atoms with Gasteiger partial charge in [0.05, 0.1) is 22.4 Å². The third kappa shape index (κ3) is 4.05. The molecule has 0 aromatic heterocycles. The van der Waals surface area contributed by atoms with Gasteiger partial charge in [-0.2, -0.15) is 18.3 Å². The van der Waals surface area contributed by atoms with E-state index in [4.69, 9.17) is 0 Å². The second kappa shape index (κ2) is 6.25. The third-order valence-corrected chi connectivity index (χ3v) is 2.72. The zero-order valence-corrected chi connectivity index (χ0v) is 11.0. The number of hydrogen-bond acceptors (Lipinski definition) is 4. The summed E-state index contributed by atoms with van der Waals surface area (Å²) in [7, 11) is 0. The first-order chi connectivity index (χ1) is 10.4. The van der Waals surface area contributed by atoms with Gasteiger partial charge in [-0.15, -0.1) is 0 Å². The Labute approximate surface area is 123 Å². The SMILES string of the molecule is O=[N+]([O-])c1ccc(C=NNc2ccc(C(F)(F)F)cc2)cc1. The van der Waals surface area contributed by atoms with Crippen LogP contribution in [0.3, 0.4) is 0 Å². The van der Waals surface area contributed by atoms with Crippen LogP contribution in [0, 0.1) is 10.1 Å². The van der Waals surface area contributed by atoms with E-state index in [2.05, 4.69) is 10.5 Å². The van der Waals surface area contributed by atoms with Crippen LogP contribution < -0.4 is 5.43 Å². The van der Waals surface area contributed by atoms with E-state index in [0.29, 0.717) is 11.3 Å². The molecular formula is C14H10F3N3O2. The van der Waals surface area contributed by atoms with Gasteiger partial charge in [0.2, 0.25) is 0 Å². The van der Waals surface area contributed by atoms with Crippen molar-refractivity contribution in [3.8, 4) is 0 Å². The second-order valence-corrected chi connectivity index (χ2v) is 4.29. The van der Waals surface area contributed by atoms with Gasteiger partial charge in [0.15, 0.2) is 0 Å². The largest absolute Gasteiger partial charge is 0.416 e. The summed E-state index contributed by atoms with van der Waals surface area (Å²) in [6.45, 7) is 0. The number of rotatable bonds is 4. The van der Waals surface area contributed by atoms with Crippen molar-refractivity contribution in [3.05, 3.63) is 69.8 Å². The van der Waals surface area contributed by atoms with Gasteiger partial charge in [0.25, 0.3) is 5.69 Å². The summed E-state index contributed by atoms with van der Waals surface area (Å²) >= 11 is 0. The number of nitro benzene ring substituents is 1. The molecule has 0 radical (unpaired) electrons. The van der Waals surface area contributed by atoms with Gasteiger partial charge in [0, 0.05) is 12.1 Å². The highest BCUT2D eigenvalue weighted by Gasteiger charge is 2.29. The lowest BCUT2D eigenvalue weighted by Crippen LogP contribution is -2.04. The average Bonchev–Trinajstić information content (AvgIpc) is 2.47. The molecule has 8 heteroatoms. The maximum Gasteiger partial charge on any atom is 0.416 e. The van der Waals surface area contributed by atoms with Gasteiger partial charge in [-0.05, 0) is 42.0 Å². The fraction of sp³-hybridized carbons (Fsp3) is 0.0714. The monoisotopic (exact) mass is 309 g/mol. The number of anilines is 1. The van der Waals surface area contributed by atoms with E-state index in [0.717, 1.165) is 12.1 Å². The van der Waals surface area contributed by atoms with E-state index in [1.54, 1.807) is 0 Å². The Kier molecular flexibility index (Phi) is 4.40. The van der Waals surface area contributed by atoms with Crippen molar-refractivity contribution in [3.63, 3.8) is 0 Å². The van der Waals surface area contributed by atoms with Gasteiger partial charge in [0.1, 0.15) is 0 Å². The van der Waals surface area contributed by atoms with Crippen molar-refractivity contribution < 1.29 is 18.1 Å². The van der Waals surface area contributed by atoms with Crippen LogP contribution in [0.25, 0.3) is 0 Å². The van der Waals surface area contributed by atoms with Crippen molar-refractivity contribution in [1.29, 1.82) is 0 Å². The van der Waals surface area contributed by atoms with Crippen LogP contribution in [-0.2, 0) is 6.18 Å². The first kappa shape index (κ1) is 15.5. The minimum absolute atomic E-state index is 0.0344. The maximum atomic E-state index is 12.4. The van der Waals surface area contributed by atoms with Crippen molar-refractivity contribution in [2.45, 2.75) is 6.18 Å². The molecular weight excluding hydrogens is 299 g/mol. The quantitative estimate of drug-likeness (QED) is 0.526. The number of nitrogens with zero attached hydrogens (tertiary/aromatic N) is 2. The summed E-state index contributed by atoms with van der Waals surface area (Å²) in [4.78, 5) is 9.98. The van der Waals surface area contributed by atoms with E-state index in [1.165, 1.54) is 42.6 Å². The molecule has 0 heterocycles. The first-order valence-corrected chi connectivity index (χ1v) is 6.07. The smallest absolute Gasteiger partial charge is 0.279 e. The molecule has 0 spiro atoms. The highest BCUT2D eigenvalue weighted by molar-refractivity contribution is 5.80. The average molecular weight is 309 g/mol. The predicted molar refractivity (Wildman–Crippen MR) is 75.8 cm³/mol. The minimum atomic E-state index is -4.37. The molecule has 0 fully saturated rings. The molecule has 0 saturated heterocycles. The zero-order valence-electron chi connectivity index (χ0n) is 11.0. The van der Waals surface area contributed by atoms with Crippen LogP contribution in [-0.4, -0.2) is 11.1 Å². The summed E-state index contributed by atoms with van der Waals surface area (Å²) in [5.74, 6) is 0. The topological polar surface area (TPSA) is 67.5 Å². The summed E-state index contributed by atoms with van der Waals surface area (Å²) in [6.07, 6.45) is -2.97. The summed E-state index contributed by atoms with van der Waals surface area (Å²) in [6, 6.07) is 10.1. The lowest BCUT2D eigenvalue weighted by molar-refractivity contribution is -0.384. The minimum Gasteiger partial charge on any atom is -0.279 e. The Morgan fingerprint density at radius 1 is 1.05 bits per heavy atom. The van der Waals surface area contributed by atoms with Crippen molar-refractivity contribution >= 4 is 17.6 Å².